The van der Waals surface area contributed by atoms with Gasteiger partial charge in [0.15, 0.2) is 0 Å². The Morgan fingerprint density at radius 2 is 2.33 bits per heavy atom. The van der Waals surface area contributed by atoms with Gasteiger partial charge >= 0.3 is 0 Å². The lowest BCUT2D eigenvalue weighted by Gasteiger charge is -2.05. The van der Waals surface area contributed by atoms with E-state index in [2.05, 4.69) is 26.2 Å². The fraction of sp³-hybridized carbons (Fsp3) is 0.167. The molecule has 1 amide bonds. The Bertz CT molecular complexity index is 583. The largest absolute Gasteiger partial charge is 0.444 e. The number of nitrogens with zero attached hydrogens (tertiary/aromatic N) is 1. The lowest BCUT2D eigenvalue weighted by Crippen LogP contribution is -2.23. The minimum atomic E-state index is -0.267. The van der Waals surface area contributed by atoms with Crippen molar-refractivity contribution in [3.8, 4) is 0 Å². The van der Waals surface area contributed by atoms with Gasteiger partial charge in [0.25, 0.3) is 5.91 Å². The molecule has 18 heavy (non-hydrogen) atoms. The number of carbonyl (C=O) groups excluding carboxylic acids is 1. The summed E-state index contributed by atoms with van der Waals surface area (Å²) >= 11 is 9.25. The molecule has 2 aromatic rings. The maximum absolute atomic E-state index is 11.9. The van der Waals surface area contributed by atoms with E-state index in [9.17, 15) is 4.79 Å². The highest BCUT2D eigenvalue weighted by Gasteiger charge is 2.11. The van der Waals surface area contributed by atoms with Crippen LogP contribution in [0.1, 0.15) is 22.0 Å². The van der Waals surface area contributed by atoms with Crippen LogP contribution in [0.2, 0.25) is 5.02 Å². The van der Waals surface area contributed by atoms with Gasteiger partial charge in [-0.05, 0) is 25.1 Å². The summed E-state index contributed by atoms with van der Waals surface area (Å²) in [4.78, 5) is 15.9. The van der Waals surface area contributed by atoms with Crippen LogP contribution in [0.5, 0.6) is 0 Å². The molecule has 1 heterocycles. The van der Waals surface area contributed by atoms with Crippen molar-refractivity contribution in [2.24, 2.45) is 0 Å². The van der Waals surface area contributed by atoms with Gasteiger partial charge < -0.3 is 9.73 Å². The second kappa shape index (κ2) is 5.54. The highest BCUT2D eigenvalue weighted by atomic mass is 79.9. The molecule has 0 spiro atoms. The number of hydrogen-bond donors (Lipinski definition) is 1. The molecular formula is C12H10BrClN2O2. The summed E-state index contributed by atoms with van der Waals surface area (Å²) in [5.41, 5.74) is 0.411. The first kappa shape index (κ1) is 13.1. The predicted molar refractivity (Wildman–Crippen MR) is 71.6 cm³/mol. The smallest absolute Gasteiger partial charge is 0.253 e. The zero-order chi connectivity index (χ0) is 13.1. The van der Waals surface area contributed by atoms with Crippen molar-refractivity contribution in [3.05, 3.63) is 51.1 Å². The second-order valence-corrected chi connectivity index (χ2v) is 4.99. The van der Waals surface area contributed by atoms with E-state index in [4.69, 9.17) is 16.0 Å². The number of aromatic nitrogens is 1. The third-order valence-corrected chi connectivity index (χ3v) is 3.07. The van der Waals surface area contributed by atoms with Crippen molar-refractivity contribution >= 4 is 33.4 Å². The van der Waals surface area contributed by atoms with E-state index in [1.807, 2.05) is 0 Å². The quantitative estimate of drug-likeness (QED) is 0.939. The SMILES string of the molecule is Cc1cnc(CNC(=O)c2cc(Br)ccc2Cl)o1. The van der Waals surface area contributed by atoms with Crippen LogP contribution in [-0.4, -0.2) is 10.9 Å². The molecule has 0 aliphatic carbocycles. The van der Waals surface area contributed by atoms with E-state index in [0.29, 0.717) is 22.2 Å². The number of amides is 1. The monoisotopic (exact) mass is 328 g/mol. The average molecular weight is 330 g/mol. The second-order valence-electron chi connectivity index (χ2n) is 3.67. The third kappa shape index (κ3) is 3.11. The summed E-state index contributed by atoms with van der Waals surface area (Å²) < 4.78 is 6.05. The highest BCUT2D eigenvalue weighted by molar-refractivity contribution is 9.10. The van der Waals surface area contributed by atoms with E-state index >= 15 is 0 Å². The van der Waals surface area contributed by atoms with Crippen LogP contribution in [0.25, 0.3) is 0 Å². The number of hydrogen-bond acceptors (Lipinski definition) is 3. The van der Waals surface area contributed by atoms with Gasteiger partial charge in [0.05, 0.1) is 23.3 Å². The normalized spacial score (nSPS) is 10.4. The molecule has 0 fully saturated rings. The summed E-state index contributed by atoms with van der Waals surface area (Å²) in [6.07, 6.45) is 1.60. The van der Waals surface area contributed by atoms with E-state index in [0.717, 1.165) is 4.47 Å². The molecule has 94 valence electrons. The molecule has 0 atom stereocenters. The number of carbonyl (C=O) groups is 1. The summed E-state index contributed by atoms with van der Waals surface area (Å²) in [6.45, 7) is 2.03. The van der Waals surface area contributed by atoms with Gasteiger partial charge in [-0.25, -0.2) is 4.98 Å². The van der Waals surface area contributed by atoms with Gasteiger partial charge in [-0.15, -0.1) is 0 Å². The number of nitrogens with one attached hydrogen (secondary N) is 1. The molecule has 6 heteroatoms. The first-order chi connectivity index (χ1) is 8.56. The number of oxazole rings is 1. The maximum atomic E-state index is 11.9. The van der Waals surface area contributed by atoms with Gasteiger partial charge in [0.1, 0.15) is 5.76 Å². The molecule has 0 saturated heterocycles. The molecular weight excluding hydrogens is 320 g/mol. The lowest BCUT2D eigenvalue weighted by molar-refractivity contribution is 0.0947. The number of rotatable bonds is 3. The zero-order valence-electron chi connectivity index (χ0n) is 9.54. The summed E-state index contributed by atoms with van der Waals surface area (Å²) in [5.74, 6) is 0.906. The topological polar surface area (TPSA) is 55.1 Å². The molecule has 2 rings (SSSR count). The van der Waals surface area contributed by atoms with E-state index in [-0.39, 0.29) is 12.5 Å². The van der Waals surface area contributed by atoms with E-state index < -0.39 is 0 Å². The Hall–Kier alpha value is -1.33. The molecule has 0 aliphatic rings. The molecule has 0 radical (unpaired) electrons. The average Bonchev–Trinajstić information content (AvgIpc) is 2.75. The van der Waals surface area contributed by atoms with Crippen molar-refractivity contribution in [2.75, 3.05) is 0 Å². The molecule has 0 bridgehead atoms. The minimum Gasteiger partial charge on any atom is -0.444 e. The van der Waals surface area contributed by atoms with Crippen molar-refractivity contribution < 1.29 is 9.21 Å². The summed E-state index contributed by atoms with van der Waals surface area (Å²) in [6, 6.07) is 5.10. The van der Waals surface area contributed by atoms with Crippen molar-refractivity contribution in [1.29, 1.82) is 0 Å². The number of aryl methyl sites for hydroxylation is 1. The standard InChI is InChI=1S/C12H10BrClN2O2/c1-7-5-15-11(18-7)6-16-12(17)9-4-8(13)2-3-10(9)14/h2-5H,6H2,1H3,(H,16,17). The molecule has 0 unspecified atom stereocenters. The van der Waals surface area contributed by atoms with Crippen LogP contribution in [0.3, 0.4) is 0 Å². The Kier molecular flexibility index (Phi) is 4.04. The van der Waals surface area contributed by atoms with Crippen molar-refractivity contribution in [3.63, 3.8) is 0 Å². The Morgan fingerprint density at radius 3 is 3.00 bits per heavy atom. The van der Waals surface area contributed by atoms with E-state index in [1.165, 1.54) is 0 Å². The van der Waals surface area contributed by atoms with Gasteiger partial charge in [-0.1, -0.05) is 27.5 Å². The summed E-state index contributed by atoms with van der Waals surface area (Å²) in [5, 5.41) is 3.10. The van der Waals surface area contributed by atoms with Gasteiger partial charge in [0.2, 0.25) is 5.89 Å². The van der Waals surface area contributed by atoms with Crippen molar-refractivity contribution in [2.45, 2.75) is 13.5 Å². The first-order valence-corrected chi connectivity index (χ1v) is 6.38. The summed E-state index contributed by atoms with van der Waals surface area (Å²) in [7, 11) is 0. The van der Waals surface area contributed by atoms with Crippen LogP contribution in [0.15, 0.2) is 33.3 Å². The fourth-order valence-corrected chi connectivity index (χ4v) is 1.97. The van der Waals surface area contributed by atoms with Crippen LogP contribution < -0.4 is 5.32 Å². The zero-order valence-corrected chi connectivity index (χ0v) is 11.9. The van der Waals surface area contributed by atoms with Crippen molar-refractivity contribution in [1.82, 2.24) is 10.3 Å². The number of benzene rings is 1. The number of halogens is 2. The van der Waals surface area contributed by atoms with Gasteiger partial charge in [-0.2, -0.15) is 0 Å². The molecule has 0 saturated carbocycles. The Labute approximate surface area is 117 Å². The maximum Gasteiger partial charge on any atom is 0.253 e. The molecule has 4 nitrogen and oxygen atoms in total. The van der Waals surface area contributed by atoms with E-state index in [1.54, 1.807) is 31.3 Å². The third-order valence-electron chi connectivity index (χ3n) is 2.24. The van der Waals surface area contributed by atoms with Crippen LogP contribution in [-0.2, 0) is 6.54 Å². The van der Waals surface area contributed by atoms with Gasteiger partial charge in [-0.3, -0.25) is 4.79 Å². The highest BCUT2D eigenvalue weighted by Crippen LogP contribution is 2.20. The first-order valence-electron chi connectivity index (χ1n) is 5.21. The predicted octanol–water partition coefficient (Wildman–Crippen LogP) is 3.33. The van der Waals surface area contributed by atoms with Gasteiger partial charge in [0, 0.05) is 4.47 Å². The molecule has 0 aliphatic heterocycles. The van der Waals surface area contributed by atoms with Crippen LogP contribution in [0, 0.1) is 6.92 Å². The minimum absolute atomic E-state index is 0.232. The molecule has 1 aromatic heterocycles. The fourth-order valence-electron chi connectivity index (χ4n) is 1.41. The molecule has 1 N–H and O–H groups in total. The lowest BCUT2D eigenvalue weighted by atomic mass is 10.2. The van der Waals surface area contributed by atoms with Crippen LogP contribution in [0.4, 0.5) is 0 Å². The Morgan fingerprint density at radius 1 is 1.56 bits per heavy atom. The van der Waals surface area contributed by atoms with Crippen LogP contribution >= 0.6 is 27.5 Å². The molecule has 1 aromatic carbocycles. The Balaban J connectivity index is 2.05.